The summed E-state index contributed by atoms with van der Waals surface area (Å²) in [6.45, 7) is 0. The molecule has 0 fully saturated rings. The molecule has 1 N–H and O–H groups in total. The van der Waals surface area contributed by atoms with Gasteiger partial charge in [-0.05, 0) is 42.0 Å². The Kier molecular flexibility index (Phi) is 7.43. The van der Waals surface area contributed by atoms with Crippen LogP contribution in [-0.4, -0.2) is 29.9 Å². The lowest BCUT2D eigenvalue weighted by Crippen LogP contribution is -2.12. The van der Waals surface area contributed by atoms with E-state index in [2.05, 4.69) is 22.5 Å². The molecule has 0 spiro atoms. The molecule has 0 unspecified atom stereocenters. The van der Waals surface area contributed by atoms with E-state index in [1.54, 1.807) is 61.0 Å². The van der Waals surface area contributed by atoms with Crippen LogP contribution in [0.1, 0.15) is 15.9 Å². The molecule has 0 saturated carbocycles. The molecule has 0 aliphatic carbocycles. The van der Waals surface area contributed by atoms with Gasteiger partial charge in [0.05, 0.1) is 19.9 Å². The molecule has 3 aromatic carbocycles. The predicted octanol–water partition coefficient (Wildman–Crippen LogP) is 6.23. The largest absolute Gasteiger partial charge is 0.497 e. The smallest absolute Gasteiger partial charge is 0.255 e. The van der Waals surface area contributed by atoms with E-state index in [1.807, 2.05) is 30.3 Å². The van der Waals surface area contributed by atoms with Crippen LogP contribution in [0.15, 0.2) is 77.1 Å². The van der Waals surface area contributed by atoms with Crippen molar-refractivity contribution in [3.63, 3.8) is 0 Å². The van der Waals surface area contributed by atoms with Crippen molar-refractivity contribution in [3.05, 3.63) is 87.9 Å². The minimum Gasteiger partial charge on any atom is -0.497 e. The van der Waals surface area contributed by atoms with Gasteiger partial charge in [0.2, 0.25) is 0 Å². The molecule has 0 aliphatic rings. The first-order chi connectivity index (χ1) is 16.1. The minimum atomic E-state index is -0.238. The van der Waals surface area contributed by atoms with Gasteiger partial charge in [-0.25, -0.2) is 4.68 Å². The van der Waals surface area contributed by atoms with Gasteiger partial charge in [-0.2, -0.15) is 0 Å². The van der Waals surface area contributed by atoms with E-state index in [4.69, 9.17) is 21.7 Å². The standard InChI is InChI=1S/C24H21N3O3S3/c1-29-20-12-18(13-21(14-20)30-2)25-22(28)17-8-10-19(11-9-17)27-24(31)33-23(26-27)32-15-16-6-4-3-5-7-16/h3-14H,15H2,1-2H3,(H,25,28). The summed E-state index contributed by atoms with van der Waals surface area (Å²) in [7, 11) is 3.13. The zero-order chi connectivity index (χ0) is 23.2. The van der Waals surface area contributed by atoms with Crippen molar-refractivity contribution in [1.29, 1.82) is 0 Å². The van der Waals surface area contributed by atoms with Crippen molar-refractivity contribution in [2.75, 3.05) is 19.5 Å². The Morgan fingerprint density at radius 2 is 1.70 bits per heavy atom. The van der Waals surface area contributed by atoms with Crippen molar-refractivity contribution >= 4 is 46.9 Å². The monoisotopic (exact) mass is 495 g/mol. The molecule has 0 bridgehead atoms. The summed E-state index contributed by atoms with van der Waals surface area (Å²) in [6.07, 6.45) is 0. The second-order valence-electron chi connectivity index (χ2n) is 6.92. The summed E-state index contributed by atoms with van der Waals surface area (Å²) in [5, 5.41) is 7.51. The summed E-state index contributed by atoms with van der Waals surface area (Å²) in [5.41, 5.74) is 3.14. The lowest BCUT2D eigenvalue weighted by atomic mass is 10.2. The number of rotatable bonds is 8. The lowest BCUT2D eigenvalue weighted by Gasteiger charge is -2.10. The van der Waals surface area contributed by atoms with Crippen LogP contribution in [0.3, 0.4) is 0 Å². The number of anilines is 1. The van der Waals surface area contributed by atoms with E-state index in [9.17, 15) is 4.79 Å². The zero-order valence-electron chi connectivity index (χ0n) is 18.0. The van der Waals surface area contributed by atoms with E-state index in [1.165, 1.54) is 16.9 Å². The van der Waals surface area contributed by atoms with Crippen LogP contribution in [0.25, 0.3) is 5.69 Å². The van der Waals surface area contributed by atoms with E-state index >= 15 is 0 Å². The van der Waals surface area contributed by atoms with E-state index < -0.39 is 0 Å². The Hall–Kier alpha value is -3.14. The number of carbonyl (C=O) groups is 1. The van der Waals surface area contributed by atoms with Crippen molar-refractivity contribution < 1.29 is 14.3 Å². The van der Waals surface area contributed by atoms with Gasteiger partial charge in [0.15, 0.2) is 8.29 Å². The van der Waals surface area contributed by atoms with Gasteiger partial charge in [0.1, 0.15) is 11.5 Å². The molecular weight excluding hydrogens is 474 g/mol. The van der Waals surface area contributed by atoms with E-state index in [0.717, 1.165) is 15.8 Å². The Balaban J connectivity index is 1.45. The van der Waals surface area contributed by atoms with Crippen LogP contribution in [0.5, 0.6) is 11.5 Å². The molecule has 0 saturated heterocycles. The molecule has 1 aromatic heterocycles. The maximum Gasteiger partial charge on any atom is 0.255 e. The minimum absolute atomic E-state index is 0.238. The summed E-state index contributed by atoms with van der Waals surface area (Å²) in [6, 6.07) is 22.6. The number of benzene rings is 3. The highest BCUT2D eigenvalue weighted by molar-refractivity contribution is 8.00. The van der Waals surface area contributed by atoms with E-state index in [0.29, 0.717) is 26.7 Å². The maximum atomic E-state index is 12.7. The maximum absolute atomic E-state index is 12.7. The van der Waals surface area contributed by atoms with Gasteiger partial charge in [-0.3, -0.25) is 4.79 Å². The third-order valence-corrected chi connectivity index (χ3v) is 7.15. The number of nitrogens with zero attached hydrogens (tertiary/aromatic N) is 2. The Morgan fingerprint density at radius 3 is 2.33 bits per heavy atom. The number of amides is 1. The quantitative estimate of drug-likeness (QED) is 0.231. The highest BCUT2D eigenvalue weighted by atomic mass is 32.2. The van der Waals surface area contributed by atoms with Gasteiger partial charge < -0.3 is 14.8 Å². The molecule has 33 heavy (non-hydrogen) atoms. The summed E-state index contributed by atoms with van der Waals surface area (Å²) in [4.78, 5) is 12.7. The Labute approximate surface area is 205 Å². The second kappa shape index (κ2) is 10.7. The van der Waals surface area contributed by atoms with Gasteiger partial charge in [-0.1, -0.05) is 53.4 Å². The molecular formula is C24H21N3O3S3. The number of hydrogen-bond donors (Lipinski definition) is 1. The van der Waals surface area contributed by atoms with Crippen LogP contribution in [0.2, 0.25) is 0 Å². The van der Waals surface area contributed by atoms with E-state index in [-0.39, 0.29) is 5.91 Å². The average Bonchev–Trinajstić information content (AvgIpc) is 3.23. The fourth-order valence-electron chi connectivity index (χ4n) is 3.04. The first-order valence-corrected chi connectivity index (χ1v) is 12.2. The fourth-order valence-corrected chi connectivity index (χ4v) is 5.36. The first kappa shape index (κ1) is 23.0. The molecule has 168 valence electrons. The highest BCUT2D eigenvalue weighted by Gasteiger charge is 2.11. The molecule has 6 nitrogen and oxygen atoms in total. The topological polar surface area (TPSA) is 65.4 Å². The number of aromatic nitrogens is 2. The molecule has 9 heteroatoms. The van der Waals surface area contributed by atoms with Crippen LogP contribution < -0.4 is 14.8 Å². The van der Waals surface area contributed by atoms with Gasteiger partial charge in [0.25, 0.3) is 5.91 Å². The van der Waals surface area contributed by atoms with Gasteiger partial charge in [-0.15, -0.1) is 5.10 Å². The molecule has 1 heterocycles. The predicted molar refractivity (Wildman–Crippen MR) is 136 cm³/mol. The lowest BCUT2D eigenvalue weighted by molar-refractivity contribution is 0.102. The molecule has 0 aliphatic heterocycles. The first-order valence-electron chi connectivity index (χ1n) is 9.97. The highest BCUT2D eigenvalue weighted by Crippen LogP contribution is 2.28. The van der Waals surface area contributed by atoms with Crippen molar-refractivity contribution in [1.82, 2.24) is 9.78 Å². The number of hydrogen-bond acceptors (Lipinski definition) is 7. The Bertz CT molecular complexity index is 1280. The second-order valence-corrected chi connectivity index (χ2v) is 9.77. The van der Waals surface area contributed by atoms with Crippen molar-refractivity contribution in [2.24, 2.45) is 0 Å². The van der Waals surface area contributed by atoms with Gasteiger partial charge >= 0.3 is 0 Å². The number of thioether (sulfide) groups is 1. The van der Waals surface area contributed by atoms with Crippen LogP contribution >= 0.6 is 35.3 Å². The summed E-state index contributed by atoms with van der Waals surface area (Å²) >= 11 is 8.63. The fraction of sp³-hybridized carbons (Fsp3) is 0.125. The molecule has 1 amide bonds. The SMILES string of the molecule is COc1cc(NC(=O)c2ccc(-n3nc(SCc4ccccc4)sc3=S)cc2)cc(OC)c1. The summed E-state index contributed by atoms with van der Waals surface area (Å²) < 4.78 is 13.8. The summed E-state index contributed by atoms with van der Waals surface area (Å²) in [5.74, 6) is 1.78. The van der Waals surface area contributed by atoms with Gasteiger partial charge in [0, 0.05) is 35.2 Å². The third kappa shape index (κ3) is 5.81. The average molecular weight is 496 g/mol. The molecule has 4 aromatic rings. The third-order valence-electron chi connectivity index (χ3n) is 4.72. The van der Waals surface area contributed by atoms with Crippen molar-refractivity contribution in [3.8, 4) is 17.2 Å². The van der Waals surface area contributed by atoms with Crippen LogP contribution in [0, 0.1) is 3.95 Å². The normalized spacial score (nSPS) is 10.6. The van der Waals surface area contributed by atoms with Crippen LogP contribution in [0.4, 0.5) is 5.69 Å². The number of carbonyl (C=O) groups excluding carboxylic acids is 1. The number of ether oxygens (including phenoxy) is 2. The zero-order valence-corrected chi connectivity index (χ0v) is 20.4. The van der Waals surface area contributed by atoms with Crippen LogP contribution in [-0.2, 0) is 5.75 Å². The Morgan fingerprint density at radius 1 is 1.03 bits per heavy atom. The molecule has 0 atom stereocenters. The number of nitrogens with one attached hydrogen (secondary N) is 1. The molecule has 0 radical (unpaired) electrons. The molecule has 4 rings (SSSR count). The van der Waals surface area contributed by atoms with Crippen molar-refractivity contribution in [2.45, 2.75) is 10.1 Å². The number of methoxy groups -OCH3 is 2.